The van der Waals surface area contributed by atoms with Gasteiger partial charge in [0.05, 0.1) is 23.1 Å². The second-order valence-corrected chi connectivity index (χ2v) is 6.07. The van der Waals surface area contributed by atoms with Crippen molar-refractivity contribution in [2.45, 2.75) is 13.1 Å². The molecule has 9 heteroatoms. The smallest absolute Gasteiger partial charge is 0.416 e. The minimum atomic E-state index is -4.59. The molecule has 2 aromatic carbocycles. The average molecular weight is 406 g/mol. The molecule has 0 aliphatic carbocycles. The molecule has 0 saturated carbocycles. The number of hydrogen-bond donors (Lipinski definition) is 2. The predicted octanol–water partition coefficient (Wildman–Crippen LogP) is 5.25. The van der Waals surface area contributed by atoms with Crippen LogP contribution in [0.25, 0.3) is 0 Å². The zero-order valence-corrected chi connectivity index (χ0v) is 14.9. The van der Waals surface area contributed by atoms with Gasteiger partial charge in [-0.15, -0.1) is 0 Å². The molecule has 29 heavy (non-hydrogen) atoms. The van der Waals surface area contributed by atoms with Crippen LogP contribution in [0, 0.1) is 12.7 Å². The molecule has 0 aliphatic heterocycles. The molecule has 0 unspecified atom stereocenters. The lowest BCUT2D eigenvalue weighted by Crippen LogP contribution is -2.16. The Morgan fingerprint density at radius 2 is 1.72 bits per heavy atom. The summed E-state index contributed by atoms with van der Waals surface area (Å²) in [6, 6.07) is 8.71. The minimum absolute atomic E-state index is 0.0908. The van der Waals surface area contributed by atoms with E-state index in [0.717, 1.165) is 24.3 Å². The number of furan rings is 1. The maximum atomic E-state index is 14.0. The molecular formula is C20H14F4N2O3. The summed E-state index contributed by atoms with van der Waals surface area (Å²) < 4.78 is 57.5. The summed E-state index contributed by atoms with van der Waals surface area (Å²) in [6.07, 6.45) is -3.28. The summed E-state index contributed by atoms with van der Waals surface area (Å²) >= 11 is 0. The molecule has 3 rings (SSSR count). The summed E-state index contributed by atoms with van der Waals surface area (Å²) in [5, 5.41) is 4.74. The van der Waals surface area contributed by atoms with E-state index in [1.807, 2.05) is 0 Å². The number of carbonyl (C=O) groups is 2. The molecule has 2 N–H and O–H groups in total. The van der Waals surface area contributed by atoms with Crippen LogP contribution < -0.4 is 10.6 Å². The number of amides is 2. The lowest BCUT2D eigenvalue weighted by Gasteiger charge is -2.11. The van der Waals surface area contributed by atoms with E-state index in [1.165, 1.54) is 24.5 Å². The maximum Gasteiger partial charge on any atom is 0.416 e. The summed E-state index contributed by atoms with van der Waals surface area (Å²) in [5.74, 6) is -1.84. The van der Waals surface area contributed by atoms with Crippen LogP contribution in [0.1, 0.15) is 32.0 Å². The first-order valence-electron chi connectivity index (χ1n) is 8.29. The molecule has 5 nitrogen and oxygen atoms in total. The molecule has 0 radical (unpaired) electrons. The van der Waals surface area contributed by atoms with E-state index in [0.29, 0.717) is 11.8 Å². The van der Waals surface area contributed by atoms with Gasteiger partial charge in [-0.25, -0.2) is 4.39 Å². The zero-order chi connectivity index (χ0) is 21.2. The van der Waals surface area contributed by atoms with Gasteiger partial charge in [-0.2, -0.15) is 13.2 Å². The SMILES string of the molecule is Cc1occc1C(=O)Nc1cc(NC(=O)c2cccc(C(F)(F)F)c2)ccc1F. The highest BCUT2D eigenvalue weighted by molar-refractivity contribution is 6.06. The third-order valence-electron chi connectivity index (χ3n) is 4.03. The van der Waals surface area contributed by atoms with Gasteiger partial charge in [0.2, 0.25) is 0 Å². The quantitative estimate of drug-likeness (QED) is 0.582. The first-order chi connectivity index (χ1) is 13.6. The van der Waals surface area contributed by atoms with Crippen LogP contribution >= 0.6 is 0 Å². The van der Waals surface area contributed by atoms with Crippen molar-refractivity contribution in [1.29, 1.82) is 0 Å². The van der Waals surface area contributed by atoms with Crippen molar-refractivity contribution in [2.24, 2.45) is 0 Å². The van der Waals surface area contributed by atoms with Gasteiger partial charge >= 0.3 is 6.18 Å². The molecular weight excluding hydrogens is 392 g/mol. The van der Waals surface area contributed by atoms with Crippen molar-refractivity contribution in [1.82, 2.24) is 0 Å². The summed E-state index contributed by atoms with van der Waals surface area (Å²) in [4.78, 5) is 24.5. The third kappa shape index (κ3) is 4.63. The monoisotopic (exact) mass is 406 g/mol. The first-order valence-corrected chi connectivity index (χ1v) is 8.29. The standard InChI is InChI=1S/C20H14F4N2O3/c1-11-15(7-8-29-11)19(28)26-17-10-14(5-6-16(17)21)25-18(27)12-3-2-4-13(9-12)20(22,23)24/h2-10H,1H3,(H,25,27)(H,26,28). The molecule has 150 valence electrons. The summed E-state index contributed by atoms with van der Waals surface area (Å²) in [6.45, 7) is 1.57. The van der Waals surface area contributed by atoms with Crippen molar-refractivity contribution in [3.05, 3.63) is 83.1 Å². The lowest BCUT2D eigenvalue weighted by molar-refractivity contribution is -0.137. The number of anilines is 2. The van der Waals surface area contributed by atoms with Crippen molar-refractivity contribution in [3.63, 3.8) is 0 Å². The topological polar surface area (TPSA) is 71.3 Å². The van der Waals surface area contributed by atoms with E-state index in [9.17, 15) is 27.2 Å². The van der Waals surface area contributed by atoms with E-state index < -0.39 is 29.4 Å². The molecule has 0 saturated heterocycles. The van der Waals surface area contributed by atoms with E-state index >= 15 is 0 Å². The van der Waals surface area contributed by atoms with Gasteiger partial charge < -0.3 is 15.1 Å². The highest BCUT2D eigenvalue weighted by Gasteiger charge is 2.30. The van der Waals surface area contributed by atoms with E-state index in [1.54, 1.807) is 6.92 Å². The second kappa shape index (κ2) is 7.78. The molecule has 1 heterocycles. The molecule has 1 aromatic heterocycles. The van der Waals surface area contributed by atoms with Crippen molar-refractivity contribution >= 4 is 23.2 Å². The van der Waals surface area contributed by atoms with Crippen LogP contribution in [0.4, 0.5) is 28.9 Å². The lowest BCUT2D eigenvalue weighted by atomic mass is 10.1. The normalized spacial score (nSPS) is 11.2. The van der Waals surface area contributed by atoms with Crippen LogP contribution in [0.3, 0.4) is 0 Å². The van der Waals surface area contributed by atoms with Gasteiger partial charge in [-0.3, -0.25) is 9.59 Å². The number of aryl methyl sites for hydroxylation is 1. The molecule has 0 aliphatic rings. The van der Waals surface area contributed by atoms with Gasteiger partial charge in [0.15, 0.2) is 0 Å². The fourth-order valence-electron chi connectivity index (χ4n) is 2.55. The van der Waals surface area contributed by atoms with E-state index in [2.05, 4.69) is 10.6 Å². The van der Waals surface area contributed by atoms with E-state index in [4.69, 9.17) is 4.42 Å². The van der Waals surface area contributed by atoms with Gasteiger partial charge in [-0.1, -0.05) is 6.07 Å². The Hall–Kier alpha value is -3.62. The number of alkyl halides is 3. The van der Waals surface area contributed by atoms with Crippen molar-refractivity contribution < 1.29 is 31.6 Å². The molecule has 0 spiro atoms. The molecule has 2 amide bonds. The number of halogens is 4. The third-order valence-corrected chi connectivity index (χ3v) is 4.03. The molecule has 0 bridgehead atoms. The Morgan fingerprint density at radius 1 is 0.966 bits per heavy atom. The van der Waals surface area contributed by atoms with Gasteiger partial charge in [0.1, 0.15) is 11.6 Å². The second-order valence-electron chi connectivity index (χ2n) is 6.07. The minimum Gasteiger partial charge on any atom is -0.469 e. The molecule has 0 atom stereocenters. The molecule has 0 fully saturated rings. The fraction of sp³-hybridized carbons (Fsp3) is 0.100. The van der Waals surface area contributed by atoms with Crippen LogP contribution in [0.5, 0.6) is 0 Å². The highest BCUT2D eigenvalue weighted by Crippen LogP contribution is 2.30. The highest BCUT2D eigenvalue weighted by atomic mass is 19.4. The van der Waals surface area contributed by atoms with Crippen LogP contribution in [0.2, 0.25) is 0 Å². The summed E-state index contributed by atoms with van der Waals surface area (Å²) in [7, 11) is 0. The van der Waals surface area contributed by atoms with Crippen LogP contribution in [-0.4, -0.2) is 11.8 Å². The Labute approximate surface area is 162 Å². The number of benzene rings is 2. The van der Waals surface area contributed by atoms with E-state index in [-0.39, 0.29) is 22.5 Å². The zero-order valence-electron chi connectivity index (χ0n) is 14.9. The Bertz CT molecular complexity index is 1070. The molecule has 3 aromatic rings. The fourth-order valence-corrected chi connectivity index (χ4v) is 2.55. The van der Waals surface area contributed by atoms with Crippen LogP contribution in [0.15, 0.2) is 59.2 Å². The first kappa shape index (κ1) is 20.1. The van der Waals surface area contributed by atoms with Crippen molar-refractivity contribution in [3.8, 4) is 0 Å². The maximum absolute atomic E-state index is 14.0. The van der Waals surface area contributed by atoms with Gasteiger partial charge in [0, 0.05) is 11.3 Å². The van der Waals surface area contributed by atoms with Gasteiger partial charge in [0.25, 0.3) is 11.8 Å². The predicted molar refractivity (Wildman–Crippen MR) is 97.2 cm³/mol. The number of rotatable bonds is 4. The Kier molecular flexibility index (Phi) is 5.40. The number of hydrogen-bond acceptors (Lipinski definition) is 3. The number of carbonyl (C=O) groups excluding carboxylic acids is 2. The number of nitrogens with one attached hydrogen (secondary N) is 2. The van der Waals surface area contributed by atoms with Crippen LogP contribution in [-0.2, 0) is 6.18 Å². The largest absolute Gasteiger partial charge is 0.469 e. The average Bonchev–Trinajstić information content (AvgIpc) is 3.10. The van der Waals surface area contributed by atoms with Gasteiger partial charge in [-0.05, 0) is 49.4 Å². The Morgan fingerprint density at radius 3 is 2.38 bits per heavy atom. The summed E-state index contributed by atoms with van der Waals surface area (Å²) in [5.41, 5.74) is -1.09. The van der Waals surface area contributed by atoms with Crippen molar-refractivity contribution in [2.75, 3.05) is 10.6 Å². The Balaban J connectivity index is 1.79.